The molecule has 1 aliphatic heterocycles. The molecule has 0 unspecified atom stereocenters. The summed E-state index contributed by atoms with van der Waals surface area (Å²) in [5.41, 5.74) is 4.65. The number of carboxylic acid groups (broad SMARTS) is 1. The minimum atomic E-state index is -1.18. The number of carboxylic acids is 1. The number of anilines is 2. The Bertz CT molecular complexity index is 1220. The average Bonchev–Trinajstić information content (AvgIpc) is 2.91. The van der Waals surface area contributed by atoms with Crippen LogP contribution in [0.25, 0.3) is 0 Å². The fourth-order valence-corrected chi connectivity index (χ4v) is 4.68. The van der Waals surface area contributed by atoms with Crippen molar-refractivity contribution in [2.24, 2.45) is 0 Å². The molecule has 4 rings (SSSR count). The molecule has 38 heavy (non-hydrogen) atoms. The number of fused-ring (bicyclic) bond motifs is 1. The van der Waals surface area contributed by atoms with E-state index in [1.54, 1.807) is 26.4 Å². The third-order valence-corrected chi connectivity index (χ3v) is 6.57. The zero-order valence-electron chi connectivity index (χ0n) is 22.2. The van der Waals surface area contributed by atoms with Gasteiger partial charge in [0.05, 0.1) is 20.8 Å². The predicted octanol–water partition coefficient (Wildman–Crippen LogP) is 0.973. The van der Waals surface area contributed by atoms with Gasteiger partial charge in [-0.2, -0.15) is 0 Å². The third kappa shape index (κ3) is 7.34. The van der Waals surface area contributed by atoms with E-state index in [1.165, 1.54) is 17.3 Å². The third-order valence-electron chi connectivity index (χ3n) is 6.57. The van der Waals surface area contributed by atoms with Gasteiger partial charge in [0.2, 0.25) is 5.75 Å². The molecule has 1 heterocycles. The number of nitrogens with one attached hydrogen (secondary N) is 1. The van der Waals surface area contributed by atoms with Crippen molar-refractivity contribution >= 4 is 17.3 Å². The van der Waals surface area contributed by atoms with Gasteiger partial charge in [-0.25, -0.2) is 4.39 Å². The maximum atomic E-state index is 14.4. The molecule has 0 fully saturated rings. The molecule has 0 radical (unpaired) electrons. The molecule has 0 saturated heterocycles. The maximum absolute atomic E-state index is 14.4. The second-order valence-corrected chi connectivity index (χ2v) is 8.88. The number of carbonyl (C=O) groups is 1. The molecule has 3 aromatic rings. The van der Waals surface area contributed by atoms with E-state index in [4.69, 9.17) is 14.2 Å². The van der Waals surface area contributed by atoms with Crippen LogP contribution in [0, 0.1) is 5.82 Å². The Labute approximate surface area is 245 Å². The molecule has 0 saturated carbocycles. The summed E-state index contributed by atoms with van der Waals surface area (Å²) in [4.78, 5) is 13.0. The Kier molecular flexibility index (Phi) is 11.1. The van der Waals surface area contributed by atoms with Crippen molar-refractivity contribution in [2.45, 2.75) is 32.2 Å². The van der Waals surface area contributed by atoms with Gasteiger partial charge in [0.15, 0.2) is 11.5 Å². The molecule has 0 atom stereocenters. The first-order chi connectivity index (χ1) is 18.0. The molecule has 196 valence electrons. The van der Waals surface area contributed by atoms with Crippen LogP contribution in [0.4, 0.5) is 15.8 Å². The van der Waals surface area contributed by atoms with Crippen molar-refractivity contribution in [2.75, 3.05) is 44.1 Å². The summed E-state index contributed by atoms with van der Waals surface area (Å²) >= 11 is 0. The van der Waals surface area contributed by atoms with Crippen LogP contribution in [0.1, 0.15) is 29.5 Å². The van der Waals surface area contributed by atoms with Crippen molar-refractivity contribution in [1.29, 1.82) is 0 Å². The van der Waals surface area contributed by atoms with Gasteiger partial charge in [-0.3, -0.25) is 0 Å². The number of halogens is 1. The number of aliphatic carboxylic acids is 1. The van der Waals surface area contributed by atoms with Gasteiger partial charge < -0.3 is 34.3 Å². The molecule has 0 aliphatic carbocycles. The number of nitrogens with zero attached hydrogens (tertiary/aromatic N) is 1. The van der Waals surface area contributed by atoms with Crippen molar-refractivity contribution in [3.8, 4) is 17.2 Å². The fourth-order valence-electron chi connectivity index (χ4n) is 4.68. The normalized spacial score (nSPS) is 12.2. The Morgan fingerprint density at radius 1 is 1.05 bits per heavy atom. The Hall–Kier alpha value is -2.94. The van der Waals surface area contributed by atoms with Crippen LogP contribution in [0.2, 0.25) is 0 Å². The zero-order valence-corrected chi connectivity index (χ0v) is 24.2. The number of rotatable bonds is 12. The van der Waals surface area contributed by atoms with E-state index in [0.717, 1.165) is 24.9 Å². The van der Waals surface area contributed by atoms with Gasteiger partial charge in [-0.15, -0.1) is 0 Å². The van der Waals surface area contributed by atoms with Crippen LogP contribution in [-0.2, 0) is 24.2 Å². The second kappa shape index (κ2) is 14.3. The summed E-state index contributed by atoms with van der Waals surface area (Å²) in [5.74, 6) is 0.264. The van der Waals surface area contributed by atoms with E-state index in [1.807, 2.05) is 24.3 Å². The maximum Gasteiger partial charge on any atom is 1.00 e. The number of ether oxygens (including phenoxy) is 3. The first-order valence-electron chi connectivity index (χ1n) is 12.4. The van der Waals surface area contributed by atoms with E-state index < -0.39 is 11.8 Å². The number of benzene rings is 3. The molecular weight excluding hydrogens is 498 g/mol. The van der Waals surface area contributed by atoms with E-state index in [9.17, 15) is 14.3 Å². The second-order valence-electron chi connectivity index (χ2n) is 8.88. The van der Waals surface area contributed by atoms with E-state index in [-0.39, 0.29) is 42.4 Å². The summed E-state index contributed by atoms with van der Waals surface area (Å²) < 4.78 is 31.3. The van der Waals surface area contributed by atoms with Crippen molar-refractivity contribution in [1.82, 2.24) is 0 Å². The van der Waals surface area contributed by atoms with Gasteiger partial charge in [-0.05, 0) is 72.7 Å². The number of aryl methyl sites for hydroxylation is 1. The topological polar surface area (TPSA) is 83.1 Å². The van der Waals surface area contributed by atoms with Gasteiger partial charge in [0.25, 0.3) is 0 Å². The number of methoxy groups -OCH3 is 2. The standard InChI is InChI=1S/C29H33FN2O5.Na/c1-35-26-9-4-10-27(36-2)29(26)37-17-16-32-15-5-7-23-21(6-3-8-25(23)32)19-31-22-13-11-20(24(30)18-22)12-14-28(33)34;/h3-4,6,8-11,13,18,31H,5,7,12,14-17,19H2,1-2H3,(H,33,34);/q;+1/p-1. The quantitative estimate of drug-likeness (QED) is 0.350. The molecule has 1 N–H and O–H groups in total. The van der Waals surface area contributed by atoms with Crippen molar-refractivity contribution in [3.63, 3.8) is 0 Å². The summed E-state index contributed by atoms with van der Waals surface area (Å²) in [6.07, 6.45) is 1.92. The SMILES string of the molecule is COc1cccc(OC)c1OCCN1CCCc2c(CNc3ccc(CCC(=O)[O-])c(F)c3)cccc21.[Na+]. The molecule has 0 amide bonds. The molecule has 0 bridgehead atoms. The molecule has 7 nitrogen and oxygen atoms in total. The number of hydrogen-bond donors (Lipinski definition) is 1. The predicted molar refractivity (Wildman–Crippen MR) is 139 cm³/mol. The van der Waals surface area contributed by atoms with E-state index in [2.05, 4.69) is 22.3 Å². The van der Waals surface area contributed by atoms with Crippen LogP contribution in [-0.4, -0.2) is 39.9 Å². The van der Waals surface area contributed by atoms with Gasteiger partial charge in [-0.1, -0.05) is 24.3 Å². The van der Waals surface area contributed by atoms with Gasteiger partial charge in [0, 0.05) is 30.4 Å². The van der Waals surface area contributed by atoms with Crippen LogP contribution in [0.5, 0.6) is 17.2 Å². The first kappa shape index (κ1) is 29.6. The molecule has 0 aromatic heterocycles. The van der Waals surface area contributed by atoms with Gasteiger partial charge in [0.1, 0.15) is 12.4 Å². The molecule has 0 spiro atoms. The van der Waals surface area contributed by atoms with Crippen LogP contribution < -0.4 is 59.1 Å². The molecule has 9 heteroatoms. The minimum Gasteiger partial charge on any atom is -0.550 e. The van der Waals surface area contributed by atoms with Crippen LogP contribution >= 0.6 is 0 Å². The summed E-state index contributed by atoms with van der Waals surface area (Å²) in [7, 11) is 3.22. The summed E-state index contributed by atoms with van der Waals surface area (Å²) in [6.45, 7) is 2.68. The summed E-state index contributed by atoms with van der Waals surface area (Å²) in [6, 6.07) is 16.6. The van der Waals surface area contributed by atoms with Crippen LogP contribution in [0.15, 0.2) is 54.6 Å². The fraction of sp³-hybridized carbons (Fsp3) is 0.345. The van der Waals surface area contributed by atoms with Crippen molar-refractivity contribution < 1.29 is 58.1 Å². The average molecular weight is 531 g/mol. The smallest absolute Gasteiger partial charge is 0.550 e. The number of hydrogen-bond acceptors (Lipinski definition) is 7. The first-order valence-corrected chi connectivity index (χ1v) is 12.4. The zero-order chi connectivity index (χ0) is 26.2. The van der Waals surface area contributed by atoms with Crippen molar-refractivity contribution in [3.05, 3.63) is 77.1 Å². The van der Waals surface area contributed by atoms with Gasteiger partial charge >= 0.3 is 29.6 Å². The largest absolute Gasteiger partial charge is 1.00 e. The van der Waals surface area contributed by atoms with E-state index >= 15 is 0 Å². The Morgan fingerprint density at radius 2 is 1.79 bits per heavy atom. The van der Waals surface area contributed by atoms with E-state index in [0.29, 0.717) is 48.2 Å². The minimum absolute atomic E-state index is 0. The number of para-hydroxylation sites is 1. The monoisotopic (exact) mass is 530 g/mol. The van der Waals surface area contributed by atoms with Crippen LogP contribution in [0.3, 0.4) is 0 Å². The summed E-state index contributed by atoms with van der Waals surface area (Å²) in [5, 5.41) is 14.0. The Balaban J connectivity index is 0.00000400. The Morgan fingerprint density at radius 3 is 2.47 bits per heavy atom. The molecule has 1 aliphatic rings. The number of carbonyl (C=O) groups excluding carboxylic acids is 1. The molecule has 3 aromatic carbocycles. The molecular formula is C29H32FN2NaO5.